The lowest BCUT2D eigenvalue weighted by molar-refractivity contribution is -0.183. The third kappa shape index (κ3) is 2.61. The largest absolute Gasteiger partial charge is 0.496 e. The van der Waals surface area contributed by atoms with Crippen molar-refractivity contribution < 1.29 is 23.4 Å². The fraction of sp³-hybridized carbons (Fsp3) is 0.533. The van der Waals surface area contributed by atoms with Crippen LogP contribution in [0.2, 0.25) is 0 Å². The number of likely N-dealkylation sites (tertiary alicyclic amines) is 1. The van der Waals surface area contributed by atoms with Gasteiger partial charge in [-0.25, -0.2) is 4.39 Å². The number of ether oxygens (including phenoxy) is 3. The van der Waals surface area contributed by atoms with Gasteiger partial charge >= 0.3 is 0 Å². The highest BCUT2D eigenvalue weighted by molar-refractivity contribution is 5.97. The summed E-state index contributed by atoms with van der Waals surface area (Å²) in [5, 5.41) is 0. The van der Waals surface area contributed by atoms with E-state index >= 15 is 0 Å². The first-order valence-corrected chi connectivity index (χ1v) is 7.05. The van der Waals surface area contributed by atoms with Crippen molar-refractivity contribution in [3.05, 3.63) is 29.6 Å². The Morgan fingerprint density at radius 2 is 2.14 bits per heavy atom. The molecule has 0 aliphatic carbocycles. The summed E-state index contributed by atoms with van der Waals surface area (Å²) in [6.07, 6.45) is 1.52. The average Bonchev–Trinajstić information content (AvgIpc) is 2.94. The van der Waals surface area contributed by atoms with Crippen molar-refractivity contribution in [2.45, 2.75) is 18.6 Å². The Balaban J connectivity index is 1.85. The normalized spacial score (nSPS) is 20.8. The first-order chi connectivity index (χ1) is 10.2. The SMILES string of the molecule is COc1cccc(F)c1C(=O)N1CCCC2(C1)OCCO2. The topological polar surface area (TPSA) is 48.0 Å². The minimum atomic E-state index is -0.716. The van der Waals surface area contributed by atoms with E-state index < -0.39 is 11.6 Å². The van der Waals surface area contributed by atoms with Gasteiger partial charge in [-0.2, -0.15) is 0 Å². The molecule has 21 heavy (non-hydrogen) atoms. The van der Waals surface area contributed by atoms with E-state index in [0.29, 0.717) is 26.3 Å². The maximum Gasteiger partial charge on any atom is 0.260 e. The Kier molecular flexibility index (Phi) is 3.82. The van der Waals surface area contributed by atoms with Crippen LogP contribution in [0.5, 0.6) is 5.75 Å². The first-order valence-electron chi connectivity index (χ1n) is 7.05. The van der Waals surface area contributed by atoms with Gasteiger partial charge in [0.25, 0.3) is 5.91 Å². The zero-order chi connectivity index (χ0) is 14.9. The number of piperidine rings is 1. The molecule has 0 unspecified atom stereocenters. The Bertz CT molecular complexity index is 542. The molecule has 0 aromatic heterocycles. The van der Waals surface area contributed by atoms with E-state index in [2.05, 4.69) is 0 Å². The number of carbonyl (C=O) groups is 1. The number of hydrogen-bond donors (Lipinski definition) is 0. The molecule has 2 fully saturated rings. The third-order valence-electron chi connectivity index (χ3n) is 3.93. The van der Waals surface area contributed by atoms with Gasteiger partial charge in [0.05, 0.1) is 26.9 Å². The molecule has 1 aromatic rings. The van der Waals surface area contributed by atoms with E-state index in [9.17, 15) is 9.18 Å². The second-order valence-electron chi connectivity index (χ2n) is 5.25. The van der Waals surface area contributed by atoms with Gasteiger partial charge in [0.15, 0.2) is 5.79 Å². The van der Waals surface area contributed by atoms with E-state index in [1.165, 1.54) is 19.2 Å². The quantitative estimate of drug-likeness (QED) is 0.835. The molecule has 2 aliphatic heterocycles. The number of nitrogens with zero attached hydrogens (tertiary/aromatic N) is 1. The predicted molar refractivity (Wildman–Crippen MR) is 72.7 cm³/mol. The summed E-state index contributed by atoms with van der Waals surface area (Å²) in [5.74, 6) is -1.44. The van der Waals surface area contributed by atoms with Gasteiger partial charge in [0, 0.05) is 13.0 Å². The molecule has 0 saturated carbocycles. The Hall–Kier alpha value is -1.66. The van der Waals surface area contributed by atoms with Gasteiger partial charge in [-0.1, -0.05) is 6.07 Å². The second-order valence-corrected chi connectivity index (χ2v) is 5.25. The Morgan fingerprint density at radius 3 is 2.86 bits per heavy atom. The predicted octanol–water partition coefficient (Wildman–Crippen LogP) is 1.81. The molecule has 2 saturated heterocycles. The number of methoxy groups -OCH3 is 1. The second kappa shape index (κ2) is 5.61. The highest BCUT2D eigenvalue weighted by atomic mass is 19.1. The summed E-state index contributed by atoms with van der Waals surface area (Å²) in [6, 6.07) is 4.36. The summed E-state index contributed by atoms with van der Waals surface area (Å²) in [5.41, 5.74) is -0.0324. The molecule has 1 spiro atoms. The minimum Gasteiger partial charge on any atom is -0.496 e. The highest BCUT2D eigenvalue weighted by Gasteiger charge is 2.42. The summed E-state index contributed by atoms with van der Waals surface area (Å²) in [7, 11) is 1.42. The number of hydrogen-bond acceptors (Lipinski definition) is 4. The van der Waals surface area contributed by atoms with Crippen molar-refractivity contribution in [2.75, 3.05) is 33.4 Å². The summed E-state index contributed by atoms with van der Waals surface area (Å²) < 4.78 is 30.4. The van der Waals surface area contributed by atoms with Crippen LogP contribution < -0.4 is 4.74 Å². The van der Waals surface area contributed by atoms with Crippen molar-refractivity contribution in [3.63, 3.8) is 0 Å². The van der Waals surface area contributed by atoms with E-state index in [-0.39, 0.29) is 17.2 Å². The minimum absolute atomic E-state index is 0.0324. The molecule has 3 rings (SSSR count). The fourth-order valence-electron chi connectivity index (χ4n) is 2.93. The third-order valence-corrected chi connectivity index (χ3v) is 3.93. The summed E-state index contributed by atoms with van der Waals surface area (Å²) in [4.78, 5) is 14.2. The van der Waals surface area contributed by atoms with Gasteiger partial charge in [0.1, 0.15) is 17.1 Å². The van der Waals surface area contributed by atoms with Gasteiger partial charge < -0.3 is 19.1 Å². The lowest BCUT2D eigenvalue weighted by Crippen LogP contribution is -2.51. The van der Waals surface area contributed by atoms with Crippen molar-refractivity contribution in [1.29, 1.82) is 0 Å². The van der Waals surface area contributed by atoms with Gasteiger partial charge in [-0.15, -0.1) is 0 Å². The van der Waals surface area contributed by atoms with Crippen molar-refractivity contribution in [2.24, 2.45) is 0 Å². The van der Waals surface area contributed by atoms with E-state index in [1.54, 1.807) is 11.0 Å². The molecule has 2 aliphatic rings. The Morgan fingerprint density at radius 1 is 1.38 bits per heavy atom. The van der Waals surface area contributed by atoms with Gasteiger partial charge in [0.2, 0.25) is 0 Å². The molecule has 1 amide bonds. The van der Waals surface area contributed by atoms with E-state index in [4.69, 9.17) is 14.2 Å². The van der Waals surface area contributed by atoms with Crippen LogP contribution in [-0.4, -0.2) is 50.0 Å². The molecule has 5 nitrogen and oxygen atoms in total. The van der Waals surface area contributed by atoms with E-state index in [1.807, 2.05) is 0 Å². The molecule has 1 aromatic carbocycles. The van der Waals surface area contributed by atoms with E-state index in [0.717, 1.165) is 12.8 Å². The van der Waals surface area contributed by atoms with Crippen LogP contribution in [0.3, 0.4) is 0 Å². The van der Waals surface area contributed by atoms with Crippen LogP contribution >= 0.6 is 0 Å². The van der Waals surface area contributed by atoms with Crippen LogP contribution in [0.15, 0.2) is 18.2 Å². The maximum absolute atomic E-state index is 14.0. The molecule has 0 atom stereocenters. The zero-order valence-corrected chi connectivity index (χ0v) is 11.9. The van der Waals surface area contributed by atoms with Crippen molar-refractivity contribution >= 4 is 5.91 Å². The lowest BCUT2D eigenvalue weighted by Gasteiger charge is -2.38. The fourth-order valence-corrected chi connectivity index (χ4v) is 2.93. The summed E-state index contributed by atoms with van der Waals surface area (Å²) in [6.45, 7) is 1.95. The van der Waals surface area contributed by atoms with Crippen molar-refractivity contribution in [3.8, 4) is 5.75 Å². The van der Waals surface area contributed by atoms with Crippen LogP contribution in [0.25, 0.3) is 0 Å². The average molecular weight is 295 g/mol. The van der Waals surface area contributed by atoms with Crippen LogP contribution in [-0.2, 0) is 9.47 Å². The summed E-state index contributed by atoms with van der Waals surface area (Å²) >= 11 is 0. The number of benzene rings is 1. The monoisotopic (exact) mass is 295 g/mol. The molecular formula is C15H18FNO4. The molecule has 2 heterocycles. The highest BCUT2D eigenvalue weighted by Crippen LogP contribution is 2.32. The van der Waals surface area contributed by atoms with Crippen molar-refractivity contribution in [1.82, 2.24) is 4.90 Å². The molecule has 0 N–H and O–H groups in total. The van der Waals surface area contributed by atoms with Gasteiger partial charge in [-0.05, 0) is 18.6 Å². The van der Waals surface area contributed by atoms with Crippen LogP contribution in [0, 0.1) is 5.82 Å². The number of amides is 1. The van der Waals surface area contributed by atoms with Crippen LogP contribution in [0.1, 0.15) is 23.2 Å². The number of carbonyl (C=O) groups excluding carboxylic acids is 1. The smallest absolute Gasteiger partial charge is 0.260 e. The number of halogens is 1. The van der Waals surface area contributed by atoms with Crippen LogP contribution in [0.4, 0.5) is 4.39 Å². The molecule has 114 valence electrons. The lowest BCUT2D eigenvalue weighted by atomic mass is 10.0. The molecule has 6 heteroatoms. The Labute approximate surface area is 122 Å². The van der Waals surface area contributed by atoms with Gasteiger partial charge in [-0.3, -0.25) is 4.79 Å². The zero-order valence-electron chi connectivity index (χ0n) is 11.9. The first kappa shape index (κ1) is 14.3. The maximum atomic E-state index is 14.0. The molecule has 0 bridgehead atoms. The standard InChI is InChI=1S/C15H18FNO4/c1-19-12-5-2-4-11(16)13(12)14(18)17-7-3-6-15(10-17)20-8-9-21-15/h2,4-5H,3,6-10H2,1H3. The molecule has 0 radical (unpaired) electrons. The number of rotatable bonds is 2. The molecular weight excluding hydrogens is 277 g/mol.